The van der Waals surface area contributed by atoms with Crippen molar-refractivity contribution in [2.24, 2.45) is 5.73 Å². The van der Waals surface area contributed by atoms with Crippen LogP contribution in [-0.2, 0) is 10.0 Å². The molecule has 1 fully saturated rings. The average Bonchev–Trinajstić information content (AvgIpc) is 2.02. The van der Waals surface area contributed by atoms with E-state index in [0.717, 1.165) is 25.7 Å². The highest BCUT2D eigenvalue weighted by Gasteiger charge is 2.27. The van der Waals surface area contributed by atoms with E-state index in [9.17, 15) is 8.42 Å². The van der Waals surface area contributed by atoms with E-state index in [1.165, 1.54) is 12.7 Å². The van der Waals surface area contributed by atoms with Crippen molar-refractivity contribution >= 4 is 10.0 Å². The van der Waals surface area contributed by atoms with Crippen LogP contribution in [0.4, 0.5) is 0 Å². The normalized spacial score (nSPS) is 22.9. The predicted molar refractivity (Wildman–Crippen MR) is 52.8 cm³/mol. The lowest BCUT2D eigenvalue weighted by Gasteiger charge is -2.33. The molecule has 0 amide bonds. The first kappa shape index (κ1) is 10.9. The lowest BCUT2D eigenvalue weighted by Crippen LogP contribution is -2.51. The molecule has 0 aromatic rings. The van der Waals surface area contributed by atoms with Gasteiger partial charge in [-0.15, -0.1) is 0 Å². The van der Waals surface area contributed by atoms with Gasteiger partial charge in [0.1, 0.15) is 0 Å². The number of nitrogens with two attached hydrogens (primary N) is 1. The summed E-state index contributed by atoms with van der Waals surface area (Å²) in [6.07, 6.45) is 6.46. The van der Waals surface area contributed by atoms with Gasteiger partial charge in [0, 0.05) is 12.1 Å². The van der Waals surface area contributed by atoms with E-state index >= 15 is 0 Å². The van der Waals surface area contributed by atoms with Crippen molar-refractivity contribution in [2.75, 3.05) is 12.8 Å². The summed E-state index contributed by atoms with van der Waals surface area (Å²) in [6.45, 7) is 0.381. The molecule has 13 heavy (non-hydrogen) atoms. The van der Waals surface area contributed by atoms with Crippen molar-refractivity contribution in [3.8, 4) is 0 Å². The Balaban J connectivity index is 2.42. The molecular weight excluding hydrogens is 188 g/mol. The van der Waals surface area contributed by atoms with Gasteiger partial charge in [-0.1, -0.05) is 19.3 Å². The molecule has 1 aliphatic rings. The molecule has 0 heterocycles. The second-order valence-electron chi connectivity index (χ2n) is 4.02. The Morgan fingerprint density at radius 1 is 1.31 bits per heavy atom. The topological polar surface area (TPSA) is 72.2 Å². The summed E-state index contributed by atoms with van der Waals surface area (Å²) in [5, 5.41) is 0. The molecule has 0 bridgehead atoms. The van der Waals surface area contributed by atoms with Crippen molar-refractivity contribution in [3.05, 3.63) is 0 Å². The fourth-order valence-electron chi connectivity index (χ4n) is 1.71. The maximum Gasteiger partial charge on any atom is 0.208 e. The molecule has 5 heteroatoms. The highest BCUT2D eigenvalue weighted by atomic mass is 32.2. The van der Waals surface area contributed by atoms with E-state index < -0.39 is 10.0 Å². The third kappa shape index (κ3) is 4.06. The Morgan fingerprint density at radius 3 is 2.31 bits per heavy atom. The Hall–Kier alpha value is -0.130. The Morgan fingerprint density at radius 2 is 1.85 bits per heavy atom. The van der Waals surface area contributed by atoms with E-state index in [0.29, 0.717) is 6.54 Å². The van der Waals surface area contributed by atoms with Crippen LogP contribution in [0.2, 0.25) is 0 Å². The van der Waals surface area contributed by atoms with Gasteiger partial charge in [0.2, 0.25) is 10.0 Å². The van der Waals surface area contributed by atoms with E-state index in [1.807, 2.05) is 0 Å². The Bertz CT molecular complexity index is 255. The van der Waals surface area contributed by atoms with Gasteiger partial charge in [0.25, 0.3) is 0 Å². The second kappa shape index (κ2) is 3.94. The molecule has 78 valence electrons. The van der Waals surface area contributed by atoms with Crippen molar-refractivity contribution in [1.29, 1.82) is 0 Å². The third-order valence-corrected chi connectivity index (χ3v) is 3.20. The van der Waals surface area contributed by atoms with Crippen LogP contribution >= 0.6 is 0 Å². The van der Waals surface area contributed by atoms with Crippen LogP contribution in [0.3, 0.4) is 0 Å². The SMILES string of the molecule is CS(=O)(=O)NCC1(N)CCCCC1. The number of hydrogen-bond donors (Lipinski definition) is 2. The summed E-state index contributed by atoms with van der Waals surface area (Å²) in [4.78, 5) is 0. The summed E-state index contributed by atoms with van der Waals surface area (Å²) in [7, 11) is -3.09. The van der Waals surface area contributed by atoms with Gasteiger partial charge in [0.15, 0.2) is 0 Å². The number of hydrogen-bond acceptors (Lipinski definition) is 3. The predicted octanol–water partition coefficient (Wildman–Crippen LogP) is 0.197. The zero-order valence-corrected chi connectivity index (χ0v) is 8.86. The van der Waals surface area contributed by atoms with E-state index in [2.05, 4.69) is 4.72 Å². The van der Waals surface area contributed by atoms with Gasteiger partial charge in [-0.05, 0) is 12.8 Å². The monoisotopic (exact) mass is 206 g/mol. The fourth-order valence-corrected chi connectivity index (χ4v) is 2.26. The second-order valence-corrected chi connectivity index (χ2v) is 5.85. The van der Waals surface area contributed by atoms with Crippen LogP contribution < -0.4 is 10.5 Å². The van der Waals surface area contributed by atoms with Crippen LogP contribution in [0.25, 0.3) is 0 Å². The quantitative estimate of drug-likeness (QED) is 0.692. The summed E-state index contributed by atoms with van der Waals surface area (Å²) < 4.78 is 24.2. The molecular formula is C8H18N2O2S. The van der Waals surface area contributed by atoms with Crippen LogP contribution in [0, 0.1) is 0 Å². The highest BCUT2D eigenvalue weighted by Crippen LogP contribution is 2.25. The summed E-state index contributed by atoms with van der Waals surface area (Å²) >= 11 is 0. The van der Waals surface area contributed by atoms with Crippen LogP contribution in [-0.4, -0.2) is 26.8 Å². The smallest absolute Gasteiger partial charge is 0.208 e. The first-order chi connectivity index (χ1) is 5.91. The zero-order valence-electron chi connectivity index (χ0n) is 8.04. The summed E-state index contributed by atoms with van der Waals surface area (Å²) in [6, 6.07) is 0. The molecule has 3 N–H and O–H groups in total. The van der Waals surface area contributed by atoms with Gasteiger partial charge in [-0.25, -0.2) is 13.1 Å². The van der Waals surface area contributed by atoms with E-state index in [-0.39, 0.29) is 5.54 Å². The molecule has 1 saturated carbocycles. The van der Waals surface area contributed by atoms with Gasteiger partial charge in [-0.2, -0.15) is 0 Å². The van der Waals surface area contributed by atoms with Gasteiger partial charge in [0.05, 0.1) is 6.26 Å². The first-order valence-corrected chi connectivity index (χ1v) is 6.54. The number of rotatable bonds is 3. The lowest BCUT2D eigenvalue weighted by atomic mass is 9.83. The van der Waals surface area contributed by atoms with Crippen LogP contribution in [0.5, 0.6) is 0 Å². The maximum absolute atomic E-state index is 10.8. The molecule has 0 spiro atoms. The third-order valence-electron chi connectivity index (χ3n) is 2.54. The molecule has 0 unspecified atom stereocenters. The molecule has 1 rings (SSSR count). The minimum absolute atomic E-state index is 0.304. The van der Waals surface area contributed by atoms with Crippen molar-refractivity contribution in [2.45, 2.75) is 37.6 Å². The van der Waals surface area contributed by atoms with Gasteiger partial charge >= 0.3 is 0 Å². The molecule has 0 atom stereocenters. The van der Waals surface area contributed by atoms with E-state index in [1.54, 1.807) is 0 Å². The lowest BCUT2D eigenvalue weighted by molar-refractivity contribution is 0.296. The highest BCUT2D eigenvalue weighted by molar-refractivity contribution is 7.88. The molecule has 4 nitrogen and oxygen atoms in total. The zero-order chi connectivity index (χ0) is 9.95. The molecule has 0 aromatic carbocycles. The molecule has 1 aliphatic carbocycles. The standard InChI is InChI=1S/C8H18N2O2S/c1-13(11,12)10-7-8(9)5-3-2-4-6-8/h10H,2-7,9H2,1H3. The molecule has 0 radical (unpaired) electrons. The van der Waals surface area contributed by atoms with Crippen molar-refractivity contribution in [1.82, 2.24) is 4.72 Å². The minimum Gasteiger partial charge on any atom is -0.324 e. The van der Waals surface area contributed by atoms with Gasteiger partial charge in [-0.3, -0.25) is 0 Å². The van der Waals surface area contributed by atoms with E-state index in [4.69, 9.17) is 5.73 Å². The summed E-state index contributed by atoms with van der Waals surface area (Å²) in [5.74, 6) is 0. The maximum atomic E-state index is 10.8. The fraction of sp³-hybridized carbons (Fsp3) is 1.00. The summed E-state index contributed by atoms with van der Waals surface area (Å²) in [5.41, 5.74) is 5.74. The Kier molecular flexibility index (Phi) is 3.32. The molecule has 0 aromatic heterocycles. The van der Waals surface area contributed by atoms with Crippen molar-refractivity contribution < 1.29 is 8.42 Å². The average molecular weight is 206 g/mol. The van der Waals surface area contributed by atoms with Crippen molar-refractivity contribution in [3.63, 3.8) is 0 Å². The minimum atomic E-state index is -3.09. The van der Waals surface area contributed by atoms with Crippen LogP contribution in [0.1, 0.15) is 32.1 Å². The largest absolute Gasteiger partial charge is 0.324 e. The Labute approximate surface area is 79.9 Å². The van der Waals surface area contributed by atoms with Gasteiger partial charge < -0.3 is 5.73 Å². The number of sulfonamides is 1. The van der Waals surface area contributed by atoms with Crippen LogP contribution in [0.15, 0.2) is 0 Å². The molecule has 0 aliphatic heterocycles. The number of nitrogens with one attached hydrogen (secondary N) is 1. The molecule has 0 saturated heterocycles. The first-order valence-electron chi connectivity index (χ1n) is 4.65.